The Bertz CT molecular complexity index is 779. The summed E-state index contributed by atoms with van der Waals surface area (Å²) in [6.45, 7) is 3.93. The van der Waals surface area contributed by atoms with Gasteiger partial charge in [0, 0.05) is 10.7 Å². The summed E-state index contributed by atoms with van der Waals surface area (Å²) in [6, 6.07) is 15.2. The van der Waals surface area contributed by atoms with E-state index in [1.54, 1.807) is 24.3 Å². The zero-order chi connectivity index (χ0) is 18.0. The van der Waals surface area contributed by atoms with Gasteiger partial charge in [0.05, 0.1) is 0 Å². The van der Waals surface area contributed by atoms with E-state index in [2.05, 4.69) is 5.32 Å². The molecule has 0 radical (unpaired) electrons. The average molecular weight is 359 g/mol. The number of hydrogen-bond donors (Lipinski definition) is 1. The van der Waals surface area contributed by atoms with E-state index in [0.29, 0.717) is 10.7 Å². The van der Waals surface area contributed by atoms with Crippen LogP contribution < -0.4 is 5.32 Å². The van der Waals surface area contributed by atoms with E-state index in [1.807, 2.05) is 44.2 Å². The molecule has 0 saturated carbocycles. The van der Waals surface area contributed by atoms with Crippen molar-refractivity contribution in [2.75, 3.05) is 5.32 Å². The number of halogens is 1. The molecule has 3 rings (SSSR count). The van der Waals surface area contributed by atoms with Crippen molar-refractivity contribution in [3.8, 4) is 0 Å². The number of imide groups is 1. The molecule has 1 N–H and O–H groups in total. The predicted octanol–water partition coefficient (Wildman–Crippen LogP) is 5.09. The highest BCUT2D eigenvalue weighted by Crippen LogP contribution is 2.37. The second-order valence-electron chi connectivity index (χ2n) is 6.26. The second-order valence-corrected chi connectivity index (χ2v) is 6.69. The third-order valence-electron chi connectivity index (χ3n) is 4.12. The van der Waals surface area contributed by atoms with Gasteiger partial charge < -0.3 is 10.1 Å². The third-order valence-corrected chi connectivity index (χ3v) is 4.35. The first kappa shape index (κ1) is 17.3. The van der Waals surface area contributed by atoms with Gasteiger partial charge in [0.25, 0.3) is 0 Å². The summed E-state index contributed by atoms with van der Waals surface area (Å²) in [6.07, 6.45) is -1.05. The monoisotopic (exact) mass is 358 g/mol. The normalized spacial score (nSPS) is 19.8. The second kappa shape index (κ2) is 7.15. The number of carbonyl (C=O) groups is 2. The number of urea groups is 1. The summed E-state index contributed by atoms with van der Waals surface area (Å²) < 4.78 is 5.49. The van der Waals surface area contributed by atoms with Crippen LogP contribution in [0.25, 0.3) is 0 Å². The summed E-state index contributed by atoms with van der Waals surface area (Å²) in [5.74, 6) is 0.0677. The first-order chi connectivity index (χ1) is 12.0. The van der Waals surface area contributed by atoms with Gasteiger partial charge in [-0.15, -0.1) is 0 Å². The molecule has 0 aromatic heterocycles. The third kappa shape index (κ3) is 3.61. The van der Waals surface area contributed by atoms with E-state index in [0.717, 1.165) is 10.5 Å². The quantitative estimate of drug-likeness (QED) is 0.831. The Kier molecular flexibility index (Phi) is 4.95. The number of ether oxygens (including phenoxy) is 1. The molecule has 2 aromatic carbocycles. The smallest absolute Gasteiger partial charge is 0.419 e. The molecule has 130 valence electrons. The molecule has 3 amide bonds. The number of anilines is 1. The molecular formula is C19H19ClN2O3. The molecule has 0 bridgehead atoms. The number of nitrogens with one attached hydrogen (secondary N) is 1. The molecule has 25 heavy (non-hydrogen) atoms. The first-order valence-corrected chi connectivity index (χ1v) is 8.46. The Labute approximate surface area is 151 Å². The van der Waals surface area contributed by atoms with Gasteiger partial charge in [0.15, 0.2) is 0 Å². The molecule has 6 heteroatoms. The Hall–Kier alpha value is -2.53. The van der Waals surface area contributed by atoms with Gasteiger partial charge in [-0.25, -0.2) is 14.5 Å². The van der Waals surface area contributed by atoms with Gasteiger partial charge in [0.1, 0.15) is 12.1 Å². The largest absolute Gasteiger partial charge is 0.443 e. The number of benzene rings is 2. The van der Waals surface area contributed by atoms with E-state index < -0.39 is 24.3 Å². The highest BCUT2D eigenvalue weighted by atomic mass is 35.5. The fourth-order valence-corrected chi connectivity index (χ4v) is 3.14. The van der Waals surface area contributed by atoms with Crippen molar-refractivity contribution in [1.82, 2.24) is 4.90 Å². The van der Waals surface area contributed by atoms with Gasteiger partial charge in [-0.05, 0) is 29.7 Å². The summed E-state index contributed by atoms with van der Waals surface area (Å²) in [5.41, 5.74) is 1.37. The van der Waals surface area contributed by atoms with Crippen LogP contribution in [0.5, 0.6) is 0 Å². The molecule has 2 aromatic rings. The van der Waals surface area contributed by atoms with Crippen LogP contribution in [-0.2, 0) is 4.74 Å². The SMILES string of the molecule is CC(C)[C@H]1OC(=O)N(C(=O)Nc2cccc(Cl)c2)[C@@H]1c1ccccc1. The number of carbonyl (C=O) groups excluding carboxylic acids is 2. The van der Waals surface area contributed by atoms with Crippen molar-refractivity contribution in [1.29, 1.82) is 0 Å². The Balaban J connectivity index is 1.91. The molecule has 1 aliphatic heterocycles. The summed E-state index contributed by atoms with van der Waals surface area (Å²) in [4.78, 5) is 26.3. The lowest BCUT2D eigenvalue weighted by molar-refractivity contribution is 0.102. The lowest BCUT2D eigenvalue weighted by atomic mass is 9.93. The Morgan fingerprint density at radius 1 is 1.16 bits per heavy atom. The van der Waals surface area contributed by atoms with Crippen LogP contribution in [-0.4, -0.2) is 23.1 Å². The first-order valence-electron chi connectivity index (χ1n) is 8.08. The van der Waals surface area contributed by atoms with Crippen LogP contribution in [0.1, 0.15) is 25.5 Å². The molecule has 1 aliphatic rings. The van der Waals surface area contributed by atoms with Crippen LogP contribution in [0.4, 0.5) is 15.3 Å². The lowest BCUT2D eigenvalue weighted by Gasteiger charge is -2.25. The predicted molar refractivity (Wildman–Crippen MR) is 96.6 cm³/mol. The minimum Gasteiger partial charge on any atom is -0.443 e. The van der Waals surface area contributed by atoms with Crippen LogP contribution in [0.3, 0.4) is 0 Å². The molecule has 0 aliphatic carbocycles. The minimum absolute atomic E-state index is 0.0677. The van der Waals surface area contributed by atoms with Crippen LogP contribution >= 0.6 is 11.6 Å². The highest BCUT2D eigenvalue weighted by Gasteiger charge is 2.47. The van der Waals surface area contributed by atoms with Crippen molar-refractivity contribution in [3.63, 3.8) is 0 Å². The zero-order valence-electron chi connectivity index (χ0n) is 14.0. The maximum absolute atomic E-state index is 12.8. The maximum atomic E-state index is 12.8. The number of rotatable bonds is 3. The van der Waals surface area contributed by atoms with Crippen molar-refractivity contribution in [3.05, 3.63) is 65.2 Å². The maximum Gasteiger partial charge on any atom is 0.419 e. The van der Waals surface area contributed by atoms with Crippen LogP contribution in [0.2, 0.25) is 5.02 Å². The number of nitrogens with zero attached hydrogens (tertiary/aromatic N) is 1. The van der Waals surface area contributed by atoms with Gasteiger partial charge in [-0.3, -0.25) is 0 Å². The van der Waals surface area contributed by atoms with E-state index in [9.17, 15) is 9.59 Å². The highest BCUT2D eigenvalue weighted by molar-refractivity contribution is 6.30. The number of amides is 3. The topological polar surface area (TPSA) is 58.6 Å². The Morgan fingerprint density at radius 3 is 2.52 bits per heavy atom. The lowest BCUT2D eigenvalue weighted by Crippen LogP contribution is -2.39. The molecule has 5 nitrogen and oxygen atoms in total. The summed E-state index contributed by atoms with van der Waals surface area (Å²) in [7, 11) is 0. The molecule has 1 fully saturated rings. The Morgan fingerprint density at radius 2 is 1.88 bits per heavy atom. The molecular weight excluding hydrogens is 340 g/mol. The van der Waals surface area contributed by atoms with Crippen molar-refractivity contribution in [2.45, 2.75) is 26.0 Å². The standard InChI is InChI=1S/C19H19ClN2O3/c1-12(2)17-16(13-7-4-3-5-8-13)22(19(24)25-17)18(23)21-15-10-6-9-14(20)11-15/h3-12,16-17H,1-2H3,(H,21,23)/t16-,17-/m1/s1. The molecule has 0 unspecified atom stereocenters. The van der Waals surface area contributed by atoms with E-state index >= 15 is 0 Å². The molecule has 1 saturated heterocycles. The van der Waals surface area contributed by atoms with E-state index in [1.165, 1.54) is 0 Å². The number of hydrogen-bond acceptors (Lipinski definition) is 3. The fraction of sp³-hybridized carbons (Fsp3) is 0.263. The van der Waals surface area contributed by atoms with Crippen molar-refractivity contribution < 1.29 is 14.3 Å². The minimum atomic E-state index is -0.646. The van der Waals surface area contributed by atoms with Gasteiger partial charge >= 0.3 is 12.1 Å². The number of cyclic esters (lactones) is 1. The molecule has 2 atom stereocenters. The van der Waals surface area contributed by atoms with E-state index in [-0.39, 0.29) is 5.92 Å². The van der Waals surface area contributed by atoms with Gasteiger partial charge in [-0.2, -0.15) is 0 Å². The fourth-order valence-electron chi connectivity index (χ4n) is 2.95. The van der Waals surface area contributed by atoms with Crippen LogP contribution in [0, 0.1) is 5.92 Å². The molecule has 1 heterocycles. The van der Waals surface area contributed by atoms with Crippen molar-refractivity contribution >= 4 is 29.4 Å². The van der Waals surface area contributed by atoms with Gasteiger partial charge in [-0.1, -0.05) is 61.8 Å². The molecule has 0 spiro atoms. The average Bonchev–Trinajstić information content (AvgIpc) is 2.93. The summed E-state index contributed by atoms with van der Waals surface area (Å²) >= 11 is 5.95. The van der Waals surface area contributed by atoms with Crippen LogP contribution in [0.15, 0.2) is 54.6 Å². The van der Waals surface area contributed by atoms with Gasteiger partial charge in [0.2, 0.25) is 0 Å². The summed E-state index contributed by atoms with van der Waals surface area (Å²) in [5, 5.41) is 3.22. The van der Waals surface area contributed by atoms with Crippen molar-refractivity contribution in [2.24, 2.45) is 5.92 Å². The zero-order valence-corrected chi connectivity index (χ0v) is 14.7. The van der Waals surface area contributed by atoms with E-state index in [4.69, 9.17) is 16.3 Å².